The van der Waals surface area contributed by atoms with E-state index < -0.39 is 5.60 Å². The molecule has 1 aliphatic carbocycles. The van der Waals surface area contributed by atoms with Gasteiger partial charge in [-0.25, -0.2) is 9.97 Å². The van der Waals surface area contributed by atoms with E-state index >= 15 is 0 Å². The van der Waals surface area contributed by atoms with Crippen LogP contribution in [0.5, 0.6) is 0 Å². The number of anilines is 1. The number of fused-ring (bicyclic) bond motifs is 1. The van der Waals surface area contributed by atoms with Gasteiger partial charge in [0.1, 0.15) is 17.2 Å². The fourth-order valence-electron chi connectivity index (χ4n) is 4.32. The Morgan fingerprint density at radius 3 is 2.83 bits per heavy atom. The molecule has 1 amide bonds. The van der Waals surface area contributed by atoms with Crippen LogP contribution < -0.4 is 5.32 Å². The lowest BCUT2D eigenvalue weighted by molar-refractivity contribution is -0.114. The lowest BCUT2D eigenvalue weighted by Crippen LogP contribution is -2.30. The molecule has 5 rings (SSSR count). The van der Waals surface area contributed by atoms with E-state index in [2.05, 4.69) is 40.1 Å². The molecule has 3 aromatic rings. The SMILES string of the molecule is CO[C@@]1(c2cc(C)cc(-n3cc(C4CC4)c4cnc(NC(C)=O)cc43)n2)CCOC1. The molecule has 1 N–H and O–H groups in total. The highest BCUT2D eigenvalue weighted by atomic mass is 16.5. The van der Waals surface area contributed by atoms with Crippen LogP contribution in [-0.4, -0.2) is 40.8 Å². The summed E-state index contributed by atoms with van der Waals surface area (Å²) in [6, 6.07) is 6.09. The number of pyridine rings is 2. The van der Waals surface area contributed by atoms with Crippen molar-refractivity contribution < 1.29 is 14.3 Å². The lowest BCUT2D eigenvalue weighted by atomic mass is 9.97. The van der Waals surface area contributed by atoms with Crippen molar-refractivity contribution in [2.24, 2.45) is 0 Å². The molecule has 2 fully saturated rings. The Labute approximate surface area is 175 Å². The molecule has 30 heavy (non-hydrogen) atoms. The number of hydrogen-bond acceptors (Lipinski definition) is 5. The van der Waals surface area contributed by atoms with Gasteiger partial charge in [-0.15, -0.1) is 0 Å². The Hall–Kier alpha value is -2.77. The Kier molecular flexibility index (Phi) is 4.60. The first-order valence-electron chi connectivity index (χ1n) is 10.4. The second-order valence-corrected chi connectivity index (χ2v) is 8.39. The van der Waals surface area contributed by atoms with Crippen LogP contribution >= 0.6 is 0 Å². The van der Waals surface area contributed by atoms with Gasteiger partial charge in [0.15, 0.2) is 0 Å². The Bertz CT molecular complexity index is 1130. The average molecular weight is 406 g/mol. The number of hydrogen-bond donors (Lipinski definition) is 1. The molecule has 1 saturated carbocycles. The summed E-state index contributed by atoms with van der Waals surface area (Å²) in [4.78, 5) is 21.0. The van der Waals surface area contributed by atoms with Crippen molar-refractivity contribution in [1.29, 1.82) is 0 Å². The fraction of sp³-hybridized carbons (Fsp3) is 0.435. The van der Waals surface area contributed by atoms with Gasteiger partial charge in [-0.3, -0.25) is 4.79 Å². The molecule has 2 aliphatic rings. The summed E-state index contributed by atoms with van der Waals surface area (Å²) in [6.07, 6.45) is 7.22. The standard InChI is InChI=1S/C23H26N4O3/c1-14-8-20(23(29-3)6-7-30-13-23)26-22(9-14)27-12-18(16-4-5-16)17-11-24-21(10-19(17)27)25-15(2)28/h8-12,16H,4-7,13H2,1-3H3,(H,24,25,28)/t23-/m0/s1. The van der Waals surface area contributed by atoms with Gasteiger partial charge < -0.3 is 19.4 Å². The highest BCUT2D eigenvalue weighted by Crippen LogP contribution is 2.44. The van der Waals surface area contributed by atoms with Crippen LogP contribution in [0.4, 0.5) is 5.82 Å². The summed E-state index contributed by atoms with van der Waals surface area (Å²) in [6.45, 7) is 4.74. The maximum absolute atomic E-state index is 11.5. The number of aromatic nitrogens is 3. The van der Waals surface area contributed by atoms with Crippen molar-refractivity contribution in [1.82, 2.24) is 14.5 Å². The van der Waals surface area contributed by atoms with Crippen LogP contribution in [0.15, 0.2) is 30.6 Å². The summed E-state index contributed by atoms with van der Waals surface area (Å²) in [5.41, 5.74) is 3.79. The highest BCUT2D eigenvalue weighted by molar-refractivity contribution is 5.92. The number of ether oxygens (including phenoxy) is 2. The minimum Gasteiger partial charge on any atom is -0.378 e. The van der Waals surface area contributed by atoms with Crippen molar-refractivity contribution in [3.8, 4) is 5.82 Å². The van der Waals surface area contributed by atoms with Crippen LogP contribution in [0.25, 0.3) is 16.7 Å². The third-order valence-electron chi connectivity index (χ3n) is 6.09. The van der Waals surface area contributed by atoms with Gasteiger partial charge in [-0.1, -0.05) is 0 Å². The third-order valence-corrected chi connectivity index (χ3v) is 6.09. The normalized spacial score (nSPS) is 21.3. The van der Waals surface area contributed by atoms with E-state index in [9.17, 15) is 4.79 Å². The van der Waals surface area contributed by atoms with Crippen LogP contribution in [0.3, 0.4) is 0 Å². The van der Waals surface area contributed by atoms with E-state index in [1.165, 1.54) is 25.3 Å². The van der Waals surface area contributed by atoms with E-state index in [1.54, 1.807) is 7.11 Å². The second-order valence-electron chi connectivity index (χ2n) is 8.39. The van der Waals surface area contributed by atoms with Crippen molar-refractivity contribution in [2.75, 3.05) is 25.6 Å². The molecular formula is C23H26N4O3. The predicted molar refractivity (Wildman–Crippen MR) is 114 cm³/mol. The molecule has 7 heteroatoms. The van der Waals surface area contributed by atoms with Crippen molar-refractivity contribution in [3.63, 3.8) is 0 Å². The molecule has 0 radical (unpaired) electrons. The van der Waals surface area contributed by atoms with Crippen molar-refractivity contribution >= 4 is 22.6 Å². The average Bonchev–Trinajstić information content (AvgIpc) is 3.32. The van der Waals surface area contributed by atoms with Crippen LogP contribution in [0, 0.1) is 6.92 Å². The molecule has 7 nitrogen and oxygen atoms in total. The molecule has 1 saturated heterocycles. The number of aryl methyl sites for hydroxylation is 1. The quantitative estimate of drug-likeness (QED) is 0.697. The third kappa shape index (κ3) is 3.28. The van der Waals surface area contributed by atoms with E-state index in [1.807, 2.05) is 12.3 Å². The molecule has 0 spiro atoms. The predicted octanol–water partition coefficient (Wildman–Crippen LogP) is 3.83. The van der Waals surface area contributed by atoms with Gasteiger partial charge in [0, 0.05) is 50.9 Å². The molecule has 156 valence electrons. The minimum atomic E-state index is -0.508. The van der Waals surface area contributed by atoms with E-state index in [0.29, 0.717) is 24.9 Å². The molecule has 0 bridgehead atoms. The fourth-order valence-corrected chi connectivity index (χ4v) is 4.32. The Morgan fingerprint density at radius 1 is 1.33 bits per heavy atom. The zero-order chi connectivity index (χ0) is 20.9. The maximum Gasteiger partial charge on any atom is 0.222 e. The summed E-state index contributed by atoms with van der Waals surface area (Å²) < 4.78 is 13.6. The zero-order valence-corrected chi connectivity index (χ0v) is 17.6. The summed E-state index contributed by atoms with van der Waals surface area (Å²) >= 11 is 0. The van der Waals surface area contributed by atoms with Crippen LogP contribution in [-0.2, 0) is 19.9 Å². The molecular weight excluding hydrogens is 380 g/mol. The monoisotopic (exact) mass is 406 g/mol. The second kappa shape index (κ2) is 7.18. The van der Waals surface area contributed by atoms with Crippen molar-refractivity contribution in [3.05, 3.63) is 47.4 Å². The largest absolute Gasteiger partial charge is 0.378 e. The van der Waals surface area contributed by atoms with Gasteiger partial charge in [0.2, 0.25) is 5.91 Å². The van der Waals surface area contributed by atoms with E-state index in [-0.39, 0.29) is 5.91 Å². The maximum atomic E-state index is 11.5. The minimum absolute atomic E-state index is 0.137. The first-order valence-corrected chi connectivity index (χ1v) is 10.4. The molecule has 4 heterocycles. The van der Waals surface area contributed by atoms with E-state index in [0.717, 1.165) is 34.4 Å². The first kappa shape index (κ1) is 19.2. The van der Waals surface area contributed by atoms with Gasteiger partial charge in [0.25, 0.3) is 0 Å². The molecule has 3 aromatic heterocycles. The smallest absolute Gasteiger partial charge is 0.222 e. The van der Waals surface area contributed by atoms with Gasteiger partial charge in [0.05, 0.1) is 17.8 Å². The number of carbonyl (C=O) groups excluding carboxylic acids is 1. The van der Waals surface area contributed by atoms with E-state index in [4.69, 9.17) is 14.5 Å². The number of methoxy groups -OCH3 is 1. The number of rotatable bonds is 5. The number of carbonyl (C=O) groups is 1. The topological polar surface area (TPSA) is 78.3 Å². The van der Waals surface area contributed by atoms with Gasteiger partial charge in [-0.05, 0) is 48.9 Å². The van der Waals surface area contributed by atoms with Gasteiger partial charge >= 0.3 is 0 Å². The molecule has 1 atom stereocenters. The molecule has 1 aliphatic heterocycles. The van der Waals surface area contributed by atoms with Crippen LogP contribution in [0.2, 0.25) is 0 Å². The van der Waals surface area contributed by atoms with Gasteiger partial charge in [-0.2, -0.15) is 0 Å². The highest BCUT2D eigenvalue weighted by Gasteiger charge is 2.39. The van der Waals surface area contributed by atoms with Crippen molar-refractivity contribution in [2.45, 2.75) is 44.6 Å². The Morgan fingerprint density at radius 2 is 2.17 bits per heavy atom. The first-order chi connectivity index (χ1) is 14.5. The number of nitrogens with zero attached hydrogens (tertiary/aromatic N) is 3. The lowest BCUT2D eigenvalue weighted by Gasteiger charge is -2.26. The molecule has 0 unspecified atom stereocenters. The Balaban J connectivity index is 1.68. The number of nitrogens with one attached hydrogen (secondary N) is 1. The zero-order valence-electron chi connectivity index (χ0n) is 17.6. The summed E-state index contributed by atoms with van der Waals surface area (Å²) in [5, 5.41) is 3.91. The number of amides is 1. The molecule has 0 aromatic carbocycles. The summed E-state index contributed by atoms with van der Waals surface area (Å²) in [7, 11) is 1.72. The van der Waals surface area contributed by atoms with Crippen LogP contribution in [0.1, 0.15) is 48.9 Å². The summed E-state index contributed by atoms with van der Waals surface area (Å²) in [5.74, 6) is 1.81.